The van der Waals surface area contributed by atoms with Gasteiger partial charge in [0.2, 0.25) is 5.82 Å². The van der Waals surface area contributed by atoms with E-state index in [0.717, 1.165) is 38.1 Å². The highest BCUT2D eigenvalue weighted by Crippen LogP contribution is 2.36. The summed E-state index contributed by atoms with van der Waals surface area (Å²) in [5.41, 5.74) is 0. The lowest BCUT2D eigenvalue weighted by molar-refractivity contribution is -0.122. The second-order valence-corrected chi connectivity index (χ2v) is 10.0. The smallest absolute Gasteiger partial charge is 0.291 e. The van der Waals surface area contributed by atoms with Crippen LogP contribution in [0.1, 0.15) is 35.7 Å². The zero-order valence-corrected chi connectivity index (χ0v) is 17.0. The first-order valence-electron chi connectivity index (χ1n) is 9.47. The minimum absolute atomic E-state index is 0.0181. The van der Waals surface area contributed by atoms with E-state index in [2.05, 4.69) is 10.2 Å². The van der Waals surface area contributed by atoms with Crippen molar-refractivity contribution in [1.82, 2.24) is 24.6 Å². The molecule has 1 N–H and O–H groups in total. The summed E-state index contributed by atoms with van der Waals surface area (Å²) >= 11 is 0. The molecule has 0 bridgehead atoms. The second-order valence-electron chi connectivity index (χ2n) is 7.78. The van der Waals surface area contributed by atoms with Gasteiger partial charge in [-0.3, -0.25) is 9.59 Å². The topological polar surface area (TPSA) is 126 Å². The van der Waals surface area contributed by atoms with E-state index in [0.29, 0.717) is 12.4 Å². The highest BCUT2D eigenvalue weighted by atomic mass is 32.2. The Morgan fingerprint density at radius 2 is 1.93 bits per heavy atom. The van der Waals surface area contributed by atoms with Crippen LogP contribution in [0.2, 0.25) is 0 Å². The third-order valence-corrected chi connectivity index (χ3v) is 8.15. The molecular weight excluding hydrogens is 386 g/mol. The van der Waals surface area contributed by atoms with Crippen molar-refractivity contribution in [3.8, 4) is 0 Å². The number of carboxylic acid groups (broad SMARTS) is 1. The second kappa shape index (κ2) is 8.16. The van der Waals surface area contributed by atoms with Gasteiger partial charge in [-0.05, 0) is 26.9 Å². The SMILES string of the molecule is CN(C)[C@H]1CS(=O)(=O)[C@H]2CN(C(=O)c3nnc4n3CCCCC4)C[C@@H]12.O=CO. The van der Waals surface area contributed by atoms with Gasteiger partial charge >= 0.3 is 0 Å². The molecule has 11 heteroatoms. The molecule has 10 nitrogen and oxygen atoms in total. The number of rotatable bonds is 2. The lowest BCUT2D eigenvalue weighted by Gasteiger charge is -2.25. The maximum Gasteiger partial charge on any atom is 0.291 e. The molecule has 0 saturated carbocycles. The van der Waals surface area contributed by atoms with Gasteiger partial charge in [0.05, 0.1) is 11.0 Å². The number of hydrogen-bond donors (Lipinski definition) is 1. The van der Waals surface area contributed by atoms with Crippen LogP contribution in [0, 0.1) is 5.92 Å². The van der Waals surface area contributed by atoms with Gasteiger partial charge in [-0.15, -0.1) is 10.2 Å². The van der Waals surface area contributed by atoms with Crippen LogP contribution in [0.15, 0.2) is 0 Å². The predicted octanol–water partition coefficient (Wildman–Crippen LogP) is -0.495. The number of fused-ring (bicyclic) bond motifs is 2. The average molecular weight is 414 g/mol. The van der Waals surface area contributed by atoms with Crippen LogP contribution < -0.4 is 0 Å². The van der Waals surface area contributed by atoms with Gasteiger partial charge in [0.1, 0.15) is 5.82 Å². The first-order valence-corrected chi connectivity index (χ1v) is 11.2. The lowest BCUT2D eigenvalue weighted by Crippen LogP contribution is -2.39. The van der Waals surface area contributed by atoms with Crippen LogP contribution >= 0.6 is 0 Å². The third kappa shape index (κ3) is 3.77. The lowest BCUT2D eigenvalue weighted by atomic mass is 10.00. The van der Waals surface area contributed by atoms with Crippen molar-refractivity contribution >= 4 is 22.2 Å². The molecule has 2 saturated heterocycles. The van der Waals surface area contributed by atoms with E-state index in [1.54, 1.807) is 4.90 Å². The number of likely N-dealkylation sites (tertiary alicyclic amines) is 1. The molecule has 4 rings (SSSR count). The van der Waals surface area contributed by atoms with E-state index in [4.69, 9.17) is 9.90 Å². The van der Waals surface area contributed by atoms with Gasteiger partial charge in [0.15, 0.2) is 9.84 Å². The molecule has 3 aliphatic rings. The zero-order chi connectivity index (χ0) is 20.5. The fourth-order valence-electron chi connectivity index (χ4n) is 4.52. The Bertz CT molecular complexity index is 837. The van der Waals surface area contributed by atoms with Crippen LogP contribution in [0.25, 0.3) is 0 Å². The molecule has 0 aromatic carbocycles. The number of carbonyl (C=O) groups is 2. The number of amides is 1. The number of hydrogen-bond acceptors (Lipinski definition) is 7. The Morgan fingerprint density at radius 1 is 1.21 bits per heavy atom. The molecule has 1 aromatic heterocycles. The Kier molecular flexibility index (Phi) is 6.04. The molecular formula is C17H27N5O5S. The largest absolute Gasteiger partial charge is 0.483 e. The van der Waals surface area contributed by atoms with Crippen molar-refractivity contribution in [2.24, 2.45) is 5.92 Å². The summed E-state index contributed by atoms with van der Waals surface area (Å²) in [6.07, 6.45) is 4.08. The molecule has 28 heavy (non-hydrogen) atoms. The molecule has 156 valence electrons. The number of carbonyl (C=O) groups excluding carboxylic acids is 1. The third-order valence-electron chi connectivity index (χ3n) is 5.92. The number of sulfone groups is 1. The van der Waals surface area contributed by atoms with Gasteiger partial charge in [0.25, 0.3) is 12.4 Å². The monoisotopic (exact) mass is 413 g/mol. The van der Waals surface area contributed by atoms with Crippen molar-refractivity contribution in [2.75, 3.05) is 32.9 Å². The van der Waals surface area contributed by atoms with Gasteiger partial charge in [-0.1, -0.05) is 6.42 Å². The highest BCUT2D eigenvalue weighted by molar-refractivity contribution is 7.92. The molecule has 0 aliphatic carbocycles. The van der Waals surface area contributed by atoms with Crippen molar-refractivity contribution in [2.45, 2.75) is 43.5 Å². The molecule has 0 unspecified atom stereocenters. The molecule has 3 atom stereocenters. The van der Waals surface area contributed by atoms with Gasteiger partial charge in [-0.25, -0.2) is 8.42 Å². The summed E-state index contributed by atoms with van der Waals surface area (Å²) in [5.74, 6) is 1.24. The van der Waals surface area contributed by atoms with Crippen molar-refractivity contribution < 1.29 is 23.1 Å². The summed E-state index contributed by atoms with van der Waals surface area (Å²) in [5, 5.41) is 14.8. The summed E-state index contributed by atoms with van der Waals surface area (Å²) in [4.78, 5) is 25.0. The summed E-state index contributed by atoms with van der Waals surface area (Å²) < 4.78 is 26.9. The van der Waals surface area contributed by atoms with Crippen LogP contribution in [-0.2, 0) is 27.6 Å². The van der Waals surface area contributed by atoms with Gasteiger partial charge < -0.3 is 19.5 Å². The van der Waals surface area contributed by atoms with Crippen LogP contribution in [-0.4, -0.2) is 94.7 Å². The quantitative estimate of drug-likeness (QED) is 0.644. The number of aryl methyl sites for hydroxylation is 1. The fourth-order valence-corrected chi connectivity index (χ4v) is 6.99. The highest BCUT2D eigenvalue weighted by Gasteiger charge is 2.53. The minimum Gasteiger partial charge on any atom is -0.483 e. The molecule has 0 spiro atoms. The molecule has 1 amide bonds. The van der Waals surface area contributed by atoms with Gasteiger partial charge in [0, 0.05) is 38.0 Å². The zero-order valence-electron chi connectivity index (χ0n) is 16.2. The van der Waals surface area contributed by atoms with E-state index < -0.39 is 15.1 Å². The Hall–Kier alpha value is -2.01. The standard InChI is InChI=1S/C16H25N5O3S.CH2O2/c1-19(2)12-10-25(23,24)13-9-20(8-11(12)13)16(22)15-18-17-14-6-4-3-5-7-21(14)15;2-1-3/h11-13H,3-10H2,1-2H3;1H,(H,2,3)/t11-,12-,13-;/m0./s1. The van der Waals surface area contributed by atoms with Gasteiger partial charge in [-0.2, -0.15) is 0 Å². The minimum atomic E-state index is -3.15. The number of nitrogens with zero attached hydrogens (tertiary/aromatic N) is 5. The van der Waals surface area contributed by atoms with Crippen LogP contribution in [0.4, 0.5) is 0 Å². The first-order chi connectivity index (χ1) is 13.3. The summed E-state index contributed by atoms with van der Waals surface area (Å²) in [6.45, 7) is 1.27. The summed E-state index contributed by atoms with van der Waals surface area (Å²) in [7, 11) is 0.662. The van der Waals surface area contributed by atoms with E-state index in [1.807, 2.05) is 23.6 Å². The van der Waals surface area contributed by atoms with Crippen molar-refractivity contribution in [3.05, 3.63) is 11.6 Å². The van der Waals surface area contributed by atoms with Crippen LogP contribution in [0.3, 0.4) is 0 Å². The fraction of sp³-hybridized carbons (Fsp3) is 0.765. The molecule has 3 aliphatic heterocycles. The van der Waals surface area contributed by atoms with E-state index in [9.17, 15) is 13.2 Å². The Morgan fingerprint density at radius 3 is 2.61 bits per heavy atom. The Balaban J connectivity index is 0.000000706. The first kappa shape index (κ1) is 20.7. The van der Waals surface area contributed by atoms with E-state index >= 15 is 0 Å². The van der Waals surface area contributed by atoms with Crippen molar-refractivity contribution in [1.29, 1.82) is 0 Å². The summed E-state index contributed by atoms with van der Waals surface area (Å²) in [6, 6.07) is -0.0247. The van der Waals surface area contributed by atoms with Crippen molar-refractivity contribution in [3.63, 3.8) is 0 Å². The molecule has 2 fully saturated rings. The van der Waals surface area contributed by atoms with E-state index in [-0.39, 0.29) is 36.6 Å². The van der Waals surface area contributed by atoms with Crippen LogP contribution in [0.5, 0.6) is 0 Å². The molecule has 4 heterocycles. The molecule has 0 radical (unpaired) electrons. The Labute approximate surface area is 164 Å². The maximum absolute atomic E-state index is 13.0. The number of aromatic nitrogens is 3. The van der Waals surface area contributed by atoms with E-state index in [1.165, 1.54) is 0 Å². The maximum atomic E-state index is 13.0. The average Bonchev–Trinajstić information content (AvgIpc) is 3.25. The normalized spacial score (nSPS) is 28.1. The predicted molar refractivity (Wildman–Crippen MR) is 101 cm³/mol. The molecule has 1 aromatic rings.